The lowest BCUT2D eigenvalue weighted by molar-refractivity contribution is 0.0115. The van der Waals surface area contributed by atoms with Gasteiger partial charge >= 0.3 is 0 Å². The van der Waals surface area contributed by atoms with Crippen LogP contribution in [0, 0.1) is 0 Å². The highest BCUT2D eigenvalue weighted by Gasteiger charge is 2.37. The Balaban J connectivity index is 1.34. The van der Waals surface area contributed by atoms with Crippen LogP contribution in [0.4, 0.5) is 8.78 Å². The third kappa shape index (κ3) is 3.40. The van der Waals surface area contributed by atoms with Crippen LogP contribution in [0.1, 0.15) is 12.0 Å². The van der Waals surface area contributed by atoms with Crippen LogP contribution < -0.4 is 0 Å². The van der Waals surface area contributed by atoms with E-state index in [-0.39, 0.29) is 13.0 Å². The van der Waals surface area contributed by atoms with Gasteiger partial charge in [0.05, 0.1) is 24.0 Å². The van der Waals surface area contributed by atoms with Gasteiger partial charge in [0.1, 0.15) is 5.69 Å². The predicted molar refractivity (Wildman–Crippen MR) is 117 cm³/mol. The van der Waals surface area contributed by atoms with Crippen molar-refractivity contribution in [3.8, 4) is 22.5 Å². The Morgan fingerprint density at radius 1 is 1.03 bits per heavy atom. The van der Waals surface area contributed by atoms with E-state index in [4.69, 9.17) is 0 Å². The SMILES string of the molecule is FC1(F)CCN(Cc2cncc(-c3cnc4[nH]nc(-c5cc6ccncc6[nH]5)c4c3)c2)C1. The van der Waals surface area contributed by atoms with Gasteiger partial charge in [-0.2, -0.15) is 5.10 Å². The molecule has 9 heteroatoms. The van der Waals surface area contributed by atoms with E-state index in [0.29, 0.717) is 18.7 Å². The van der Waals surface area contributed by atoms with Gasteiger partial charge in [0.15, 0.2) is 5.65 Å². The highest BCUT2D eigenvalue weighted by Crippen LogP contribution is 2.31. The van der Waals surface area contributed by atoms with Crippen molar-refractivity contribution in [2.24, 2.45) is 0 Å². The summed E-state index contributed by atoms with van der Waals surface area (Å²) in [5.41, 5.74) is 5.94. The number of likely N-dealkylation sites (tertiary alicyclic amines) is 1. The Kier molecular flexibility index (Phi) is 4.25. The second-order valence-electron chi connectivity index (χ2n) is 8.24. The fourth-order valence-corrected chi connectivity index (χ4v) is 4.30. The molecule has 5 aromatic heterocycles. The number of aromatic amines is 2. The average molecular weight is 431 g/mol. The maximum Gasteiger partial charge on any atom is 0.261 e. The minimum atomic E-state index is -2.60. The second-order valence-corrected chi connectivity index (χ2v) is 8.24. The number of aromatic nitrogens is 6. The molecule has 1 aliphatic rings. The van der Waals surface area contributed by atoms with Gasteiger partial charge in [0.2, 0.25) is 0 Å². The first-order valence-electron chi connectivity index (χ1n) is 10.4. The molecule has 5 aromatic rings. The summed E-state index contributed by atoms with van der Waals surface area (Å²) in [6, 6.07) is 7.99. The fourth-order valence-electron chi connectivity index (χ4n) is 4.30. The standard InChI is InChI=1S/C23H19F2N7/c24-23(25)2-4-32(13-23)12-14-5-16(9-27-8-14)17-6-18-21(30-31-22(18)28-10-17)19-7-15-1-3-26-11-20(15)29-19/h1,3,5-11,29H,2,4,12-13H2,(H,28,30,31). The molecular weight excluding hydrogens is 412 g/mol. The lowest BCUT2D eigenvalue weighted by atomic mass is 10.1. The van der Waals surface area contributed by atoms with Crippen molar-refractivity contribution in [3.05, 3.63) is 60.8 Å². The normalized spacial score (nSPS) is 16.3. The van der Waals surface area contributed by atoms with E-state index in [2.05, 4.69) is 30.1 Å². The van der Waals surface area contributed by atoms with E-state index >= 15 is 0 Å². The molecule has 0 unspecified atom stereocenters. The molecule has 2 N–H and O–H groups in total. The van der Waals surface area contributed by atoms with E-state index in [1.54, 1.807) is 35.9 Å². The minimum Gasteiger partial charge on any atom is -0.352 e. The third-order valence-corrected chi connectivity index (χ3v) is 5.88. The monoisotopic (exact) mass is 431 g/mol. The molecule has 0 amide bonds. The summed E-state index contributed by atoms with van der Waals surface area (Å²) in [5, 5.41) is 9.39. The Hall–Kier alpha value is -3.72. The van der Waals surface area contributed by atoms with Gasteiger partial charge in [-0.1, -0.05) is 0 Å². The van der Waals surface area contributed by atoms with Crippen LogP contribution in [-0.4, -0.2) is 54.0 Å². The van der Waals surface area contributed by atoms with Crippen LogP contribution in [-0.2, 0) is 6.54 Å². The Labute approximate surface area is 181 Å². The zero-order valence-corrected chi connectivity index (χ0v) is 17.0. The van der Waals surface area contributed by atoms with E-state index in [1.807, 2.05) is 24.3 Å². The summed E-state index contributed by atoms with van der Waals surface area (Å²) in [5.74, 6) is -2.60. The van der Waals surface area contributed by atoms with E-state index in [9.17, 15) is 8.78 Å². The van der Waals surface area contributed by atoms with Crippen molar-refractivity contribution in [2.45, 2.75) is 18.9 Å². The molecule has 0 spiro atoms. The molecule has 6 rings (SSSR count). The Bertz CT molecular complexity index is 1410. The highest BCUT2D eigenvalue weighted by atomic mass is 19.3. The van der Waals surface area contributed by atoms with Crippen molar-refractivity contribution < 1.29 is 8.78 Å². The van der Waals surface area contributed by atoms with Crippen LogP contribution in [0.5, 0.6) is 0 Å². The zero-order valence-electron chi connectivity index (χ0n) is 17.0. The number of hydrogen-bond acceptors (Lipinski definition) is 5. The molecule has 160 valence electrons. The van der Waals surface area contributed by atoms with Gasteiger partial charge in [-0.3, -0.25) is 20.0 Å². The number of halogens is 2. The van der Waals surface area contributed by atoms with Gasteiger partial charge in [-0.25, -0.2) is 13.8 Å². The largest absolute Gasteiger partial charge is 0.352 e. The number of pyridine rings is 3. The van der Waals surface area contributed by atoms with Crippen LogP contribution in [0.25, 0.3) is 44.5 Å². The van der Waals surface area contributed by atoms with Crippen LogP contribution >= 0.6 is 0 Å². The first-order valence-corrected chi connectivity index (χ1v) is 10.4. The number of nitrogens with zero attached hydrogens (tertiary/aromatic N) is 5. The molecule has 1 aliphatic heterocycles. The Morgan fingerprint density at radius 3 is 2.78 bits per heavy atom. The number of alkyl halides is 2. The molecule has 7 nitrogen and oxygen atoms in total. The van der Waals surface area contributed by atoms with Gasteiger partial charge in [-0.15, -0.1) is 0 Å². The lowest BCUT2D eigenvalue weighted by Crippen LogP contribution is -2.24. The number of rotatable bonds is 4. The first kappa shape index (κ1) is 19.0. The molecule has 1 saturated heterocycles. The number of H-pyrrole nitrogens is 2. The molecule has 0 saturated carbocycles. The Morgan fingerprint density at radius 2 is 1.94 bits per heavy atom. The number of fused-ring (bicyclic) bond motifs is 2. The van der Waals surface area contributed by atoms with Crippen molar-refractivity contribution in [3.63, 3.8) is 0 Å². The lowest BCUT2D eigenvalue weighted by Gasteiger charge is -2.15. The third-order valence-electron chi connectivity index (χ3n) is 5.88. The number of nitrogens with one attached hydrogen (secondary N) is 2. The molecule has 0 bridgehead atoms. The second kappa shape index (κ2) is 7.16. The topological polar surface area (TPSA) is 86.4 Å². The van der Waals surface area contributed by atoms with E-state index < -0.39 is 5.92 Å². The zero-order chi connectivity index (χ0) is 21.7. The predicted octanol–water partition coefficient (Wildman–Crippen LogP) is 4.40. The molecular formula is C23H19F2N7. The summed E-state index contributed by atoms with van der Waals surface area (Å²) < 4.78 is 27.0. The molecule has 0 radical (unpaired) electrons. The van der Waals surface area contributed by atoms with Crippen molar-refractivity contribution in [2.75, 3.05) is 13.1 Å². The highest BCUT2D eigenvalue weighted by molar-refractivity contribution is 5.95. The van der Waals surface area contributed by atoms with Crippen molar-refractivity contribution in [1.82, 2.24) is 35.0 Å². The summed E-state index contributed by atoms with van der Waals surface area (Å²) >= 11 is 0. The number of hydrogen-bond donors (Lipinski definition) is 2. The molecule has 32 heavy (non-hydrogen) atoms. The molecule has 0 atom stereocenters. The van der Waals surface area contributed by atoms with Crippen LogP contribution in [0.3, 0.4) is 0 Å². The summed E-state index contributed by atoms with van der Waals surface area (Å²) in [6.07, 6.45) is 8.71. The first-order chi connectivity index (χ1) is 15.5. The van der Waals surface area contributed by atoms with Crippen molar-refractivity contribution in [1.29, 1.82) is 0 Å². The van der Waals surface area contributed by atoms with Gasteiger partial charge in [0, 0.05) is 66.2 Å². The van der Waals surface area contributed by atoms with Gasteiger partial charge in [-0.05, 0) is 29.8 Å². The van der Waals surface area contributed by atoms with Crippen LogP contribution in [0.2, 0.25) is 0 Å². The summed E-state index contributed by atoms with van der Waals surface area (Å²) in [4.78, 5) is 18.1. The maximum absolute atomic E-state index is 13.5. The fraction of sp³-hybridized carbons (Fsp3) is 0.217. The van der Waals surface area contributed by atoms with E-state index in [1.165, 1.54) is 0 Å². The molecule has 6 heterocycles. The van der Waals surface area contributed by atoms with Gasteiger partial charge in [0.25, 0.3) is 5.92 Å². The van der Waals surface area contributed by atoms with Gasteiger partial charge < -0.3 is 4.98 Å². The quantitative estimate of drug-likeness (QED) is 0.440. The average Bonchev–Trinajstić information content (AvgIpc) is 3.49. The molecule has 0 aliphatic carbocycles. The molecule has 0 aromatic carbocycles. The summed E-state index contributed by atoms with van der Waals surface area (Å²) in [7, 11) is 0. The van der Waals surface area contributed by atoms with Crippen molar-refractivity contribution >= 4 is 21.9 Å². The molecule has 1 fully saturated rings. The van der Waals surface area contributed by atoms with Crippen LogP contribution in [0.15, 0.2) is 55.2 Å². The maximum atomic E-state index is 13.5. The van der Waals surface area contributed by atoms with E-state index in [0.717, 1.165) is 44.4 Å². The summed E-state index contributed by atoms with van der Waals surface area (Å²) in [6.45, 7) is 0.637. The minimum absolute atomic E-state index is 0.0895. The smallest absolute Gasteiger partial charge is 0.261 e.